The lowest BCUT2D eigenvalue weighted by molar-refractivity contribution is -0.165. The van der Waals surface area contributed by atoms with Crippen molar-refractivity contribution in [3.8, 4) is 5.75 Å². The molecule has 3 N–H and O–H groups in total. The molecule has 1 heterocycles. The number of aliphatic hydroxyl groups excluding tert-OH is 1. The number of carbonyl (C=O) groups is 2. The maximum absolute atomic E-state index is 13.2. The first-order valence-electron chi connectivity index (χ1n) is 15.9. The maximum atomic E-state index is 13.2. The van der Waals surface area contributed by atoms with Crippen LogP contribution in [0.1, 0.15) is 62.1 Å². The summed E-state index contributed by atoms with van der Waals surface area (Å²) in [6, 6.07) is 10.8. The Morgan fingerprint density at radius 1 is 1.24 bits per heavy atom. The average molecular weight is 637 g/mol. The summed E-state index contributed by atoms with van der Waals surface area (Å²) in [6.45, 7) is 11.0. The molecule has 1 aliphatic heterocycles. The van der Waals surface area contributed by atoms with Crippen LogP contribution in [0.3, 0.4) is 0 Å². The summed E-state index contributed by atoms with van der Waals surface area (Å²) < 4.78 is 6.54. The van der Waals surface area contributed by atoms with Gasteiger partial charge in [0.25, 0.3) is 0 Å². The molecule has 1 unspecified atom stereocenters. The first-order chi connectivity index (χ1) is 21.4. The predicted octanol–water partition coefficient (Wildman–Crippen LogP) is 5.47. The van der Waals surface area contributed by atoms with E-state index in [2.05, 4.69) is 24.1 Å². The number of anilines is 1. The number of fused-ring (bicyclic) bond motifs is 3. The molecule has 1 fully saturated rings. The lowest BCUT2D eigenvalue weighted by atomic mass is 9.68. The van der Waals surface area contributed by atoms with Crippen LogP contribution in [0.25, 0.3) is 0 Å². The zero-order chi connectivity index (χ0) is 32.5. The van der Waals surface area contributed by atoms with E-state index in [9.17, 15) is 24.9 Å². The van der Waals surface area contributed by atoms with Crippen LogP contribution in [-0.4, -0.2) is 71.0 Å². The van der Waals surface area contributed by atoms with Gasteiger partial charge in [0.2, 0.25) is 5.91 Å². The van der Waals surface area contributed by atoms with Gasteiger partial charge < -0.3 is 29.9 Å². The standard InChI is InChI=1S/C36H45ClN2O6/c1-5-8-23(3)38(4)33(41)19-36(44,34(42)43)26-11-15-32-30(18-26)39(20-25-10-13-28(25)31(40)6-2)21-35(22-45-32)16-7-9-24-17-27(37)12-14-29(24)35/h5-6,11-12,14-15,17-18,23,25,28,31,40,44H,1-2,7-10,13,16,19-22H2,3-4H3,(H,42,43)/t23-,25-,28+,31-,35-,36?/m0/s1. The Bertz CT molecular complexity index is 1460. The smallest absolute Gasteiger partial charge is 0.340 e. The first kappa shape index (κ1) is 33.0. The molecular weight excluding hydrogens is 592 g/mol. The number of hydrogen-bond donors (Lipinski definition) is 3. The quantitative estimate of drug-likeness (QED) is 0.281. The first-order valence-corrected chi connectivity index (χ1v) is 16.2. The van der Waals surface area contributed by atoms with Gasteiger partial charge >= 0.3 is 5.97 Å². The molecule has 2 aliphatic carbocycles. The van der Waals surface area contributed by atoms with Crippen molar-refractivity contribution in [3.05, 3.63) is 83.4 Å². The van der Waals surface area contributed by atoms with Gasteiger partial charge in [-0.1, -0.05) is 35.9 Å². The second kappa shape index (κ2) is 13.2. The summed E-state index contributed by atoms with van der Waals surface area (Å²) in [4.78, 5) is 29.6. The minimum absolute atomic E-state index is 0.0772. The lowest BCUT2D eigenvalue weighted by Gasteiger charge is -2.45. The van der Waals surface area contributed by atoms with E-state index in [4.69, 9.17) is 16.3 Å². The average Bonchev–Trinajstić information content (AvgIpc) is 3.15. The van der Waals surface area contributed by atoms with Gasteiger partial charge in [-0.25, -0.2) is 4.79 Å². The number of carboxylic acids is 1. The number of benzene rings is 2. The second-order valence-electron chi connectivity index (χ2n) is 13.2. The Labute approximate surface area is 270 Å². The van der Waals surface area contributed by atoms with Crippen LogP contribution in [0.4, 0.5) is 5.69 Å². The van der Waals surface area contributed by atoms with E-state index >= 15 is 0 Å². The fraction of sp³-hybridized carbons (Fsp3) is 0.500. The minimum atomic E-state index is -2.45. The van der Waals surface area contributed by atoms with Crippen molar-refractivity contribution in [1.82, 2.24) is 4.90 Å². The predicted molar refractivity (Wildman–Crippen MR) is 176 cm³/mol. The van der Waals surface area contributed by atoms with Crippen LogP contribution >= 0.6 is 11.6 Å². The number of ether oxygens (including phenoxy) is 1. The van der Waals surface area contributed by atoms with E-state index in [0.29, 0.717) is 42.6 Å². The number of amides is 1. The van der Waals surface area contributed by atoms with Gasteiger partial charge in [0, 0.05) is 36.6 Å². The molecule has 6 atom stereocenters. The van der Waals surface area contributed by atoms with Crippen molar-refractivity contribution >= 4 is 29.2 Å². The van der Waals surface area contributed by atoms with Crippen LogP contribution in [0.5, 0.6) is 5.75 Å². The van der Waals surface area contributed by atoms with Crippen LogP contribution in [0.2, 0.25) is 5.02 Å². The fourth-order valence-corrected chi connectivity index (χ4v) is 7.58. The molecule has 0 saturated heterocycles. The van der Waals surface area contributed by atoms with Crippen LogP contribution in [0, 0.1) is 11.8 Å². The van der Waals surface area contributed by atoms with Gasteiger partial charge in [-0.2, -0.15) is 0 Å². The second-order valence-corrected chi connectivity index (χ2v) is 13.7. The van der Waals surface area contributed by atoms with Crippen molar-refractivity contribution < 1.29 is 29.6 Å². The highest BCUT2D eigenvalue weighted by atomic mass is 35.5. The number of halogens is 1. The number of aryl methyl sites for hydroxylation is 1. The Hall–Kier alpha value is -3.33. The van der Waals surface area contributed by atoms with Crippen molar-refractivity contribution in [2.45, 2.75) is 75.0 Å². The van der Waals surface area contributed by atoms with E-state index in [1.165, 1.54) is 16.0 Å². The van der Waals surface area contributed by atoms with Gasteiger partial charge in [0.1, 0.15) is 5.75 Å². The zero-order valence-corrected chi connectivity index (χ0v) is 27.0. The molecule has 2 aromatic carbocycles. The fourth-order valence-electron chi connectivity index (χ4n) is 7.39. The van der Waals surface area contributed by atoms with E-state index in [1.807, 2.05) is 19.1 Å². The van der Waals surface area contributed by atoms with E-state index in [1.54, 1.807) is 37.4 Å². The van der Waals surface area contributed by atoms with Crippen molar-refractivity contribution in [1.29, 1.82) is 0 Å². The van der Waals surface area contributed by atoms with Gasteiger partial charge in [-0.15, -0.1) is 13.2 Å². The SMILES string of the molecule is C=CC[C@H](C)N(C)C(=O)CC(O)(C(=O)O)c1ccc2c(c1)N(C[C@@H]1CC[C@H]1[C@@H](O)C=C)C[C@@]1(CCCc3cc(Cl)ccc31)CO2. The van der Waals surface area contributed by atoms with Gasteiger partial charge in [0.05, 0.1) is 24.8 Å². The maximum Gasteiger partial charge on any atom is 0.340 e. The summed E-state index contributed by atoms with van der Waals surface area (Å²) >= 11 is 6.39. The molecule has 2 aromatic rings. The monoisotopic (exact) mass is 636 g/mol. The van der Waals surface area contributed by atoms with Crippen molar-refractivity contribution in [2.24, 2.45) is 11.8 Å². The van der Waals surface area contributed by atoms with E-state index < -0.39 is 30.0 Å². The van der Waals surface area contributed by atoms with Crippen LogP contribution < -0.4 is 9.64 Å². The number of nitrogens with zero attached hydrogens (tertiary/aromatic N) is 2. The molecule has 0 bridgehead atoms. The Kier molecular flexibility index (Phi) is 9.68. The number of aliphatic hydroxyl groups is 2. The number of hydrogen-bond acceptors (Lipinski definition) is 6. The molecule has 242 valence electrons. The van der Waals surface area contributed by atoms with Gasteiger partial charge in [-0.3, -0.25) is 4.79 Å². The van der Waals surface area contributed by atoms with Crippen molar-refractivity contribution in [3.63, 3.8) is 0 Å². The molecule has 0 radical (unpaired) electrons. The summed E-state index contributed by atoms with van der Waals surface area (Å²) in [5.41, 5.74) is 0.415. The van der Waals surface area contributed by atoms with E-state index in [0.717, 1.165) is 32.1 Å². The summed E-state index contributed by atoms with van der Waals surface area (Å²) in [5, 5.41) is 33.3. The molecule has 3 aliphatic rings. The highest BCUT2D eigenvalue weighted by Gasteiger charge is 2.46. The lowest BCUT2D eigenvalue weighted by Crippen LogP contribution is -2.49. The summed E-state index contributed by atoms with van der Waals surface area (Å²) in [7, 11) is 1.60. The number of carbonyl (C=O) groups excluding carboxylic acids is 1. The van der Waals surface area contributed by atoms with Gasteiger partial charge in [-0.05, 0) is 98.2 Å². The van der Waals surface area contributed by atoms with E-state index in [-0.39, 0.29) is 28.9 Å². The number of aliphatic carboxylic acids is 1. The molecule has 1 amide bonds. The molecule has 1 saturated carbocycles. The normalized spacial score (nSPS) is 24.9. The molecule has 9 heteroatoms. The summed E-state index contributed by atoms with van der Waals surface area (Å²) in [6.07, 6.45) is 7.28. The van der Waals surface area contributed by atoms with Crippen molar-refractivity contribution in [2.75, 3.05) is 31.6 Å². The Morgan fingerprint density at radius 3 is 2.69 bits per heavy atom. The minimum Gasteiger partial charge on any atom is -0.490 e. The third-order valence-electron chi connectivity index (χ3n) is 10.4. The molecule has 1 spiro atoms. The molecular formula is C36H45ClN2O6. The third kappa shape index (κ3) is 6.38. The largest absolute Gasteiger partial charge is 0.490 e. The molecule has 0 aromatic heterocycles. The highest BCUT2D eigenvalue weighted by molar-refractivity contribution is 6.30. The van der Waals surface area contributed by atoms with Crippen LogP contribution in [-0.2, 0) is 27.0 Å². The number of rotatable bonds is 11. The Morgan fingerprint density at radius 2 is 2.02 bits per heavy atom. The topological polar surface area (TPSA) is 111 Å². The molecule has 45 heavy (non-hydrogen) atoms. The summed E-state index contributed by atoms with van der Waals surface area (Å²) in [5.74, 6) is -1.12. The van der Waals surface area contributed by atoms with Gasteiger partial charge in [0.15, 0.2) is 5.60 Å². The zero-order valence-electron chi connectivity index (χ0n) is 26.3. The third-order valence-corrected chi connectivity index (χ3v) is 10.7. The highest BCUT2D eigenvalue weighted by Crippen LogP contribution is 2.47. The van der Waals surface area contributed by atoms with Crippen LogP contribution in [0.15, 0.2) is 61.7 Å². The number of carboxylic acid groups (broad SMARTS) is 1. The molecule has 8 nitrogen and oxygen atoms in total. The Balaban J connectivity index is 1.54. The molecule has 5 rings (SSSR count).